The summed E-state index contributed by atoms with van der Waals surface area (Å²) in [5.41, 5.74) is 2.22. The van der Waals surface area contributed by atoms with Gasteiger partial charge in [-0.05, 0) is 31.2 Å². The van der Waals surface area contributed by atoms with E-state index >= 15 is 0 Å². The van der Waals surface area contributed by atoms with E-state index in [0.717, 1.165) is 10.9 Å². The molecular formula is C33H32ClN5O10S. The molecule has 0 spiro atoms. The molecule has 2 aromatic carbocycles. The molecule has 4 atom stereocenters. The Bertz CT molecular complexity index is 2200. The minimum Gasteiger partial charge on any atom is -0.463 e. The monoisotopic (exact) mass is 725 g/mol. The summed E-state index contributed by atoms with van der Waals surface area (Å²) in [6.45, 7) is 5.12. The molecule has 3 aromatic heterocycles. The van der Waals surface area contributed by atoms with Crippen LogP contribution < -0.4 is 4.74 Å². The maximum Gasteiger partial charge on any atom is 0.319 e. The molecule has 0 amide bonds. The van der Waals surface area contributed by atoms with Gasteiger partial charge < -0.3 is 23.7 Å². The zero-order valence-corrected chi connectivity index (χ0v) is 28.9. The van der Waals surface area contributed by atoms with E-state index in [1.807, 2.05) is 19.1 Å². The first-order valence-electron chi connectivity index (χ1n) is 15.4. The van der Waals surface area contributed by atoms with Crippen molar-refractivity contribution in [2.45, 2.75) is 63.6 Å². The smallest absolute Gasteiger partial charge is 0.319 e. The summed E-state index contributed by atoms with van der Waals surface area (Å²) in [7, 11) is -3.96. The van der Waals surface area contributed by atoms with E-state index in [2.05, 4.69) is 15.0 Å². The van der Waals surface area contributed by atoms with Crippen molar-refractivity contribution < 1.29 is 46.5 Å². The maximum atomic E-state index is 13.8. The van der Waals surface area contributed by atoms with E-state index in [-0.39, 0.29) is 46.9 Å². The van der Waals surface area contributed by atoms with Crippen LogP contribution in [0.1, 0.15) is 38.3 Å². The van der Waals surface area contributed by atoms with Gasteiger partial charge >= 0.3 is 23.9 Å². The van der Waals surface area contributed by atoms with E-state index in [1.54, 1.807) is 42.5 Å². The highest BCUT2D eigenvalue weighted by Gasteiger charge is 2.51. The number of hydrogen-bond acceptors (Lipinski definition) is 13. The van der Waals surface area contributed by atoms with Gasteiger partial charge in [0.1, 0.15) is 18.2 Å². The number of benzene rings is 2. The van der Waals surface area contributed by atoms with Gasteiger partial charge in [0, 0.05) is 38.3 Å². The summed E-state index contributed by atoms with van der Waals surface area (Å²) < 4.78 is 58.5. The van der Waals surface area contributed by atoms with Crippen LogP contribution in [0.15, 0.2) is 65.8 Å². The number of hydrogen-bond donors (Lipinski definition) is 0. The fourth-order valence-electron chi connectivity index (χ4n) is 5.74. The van der Waals surface area contributed by atoms with Gasteiger partial charge in [0.15, 0.2) is 29.2 Å². The third-order valence-electron chi connectivity index (χ3n) is 7.86. The van der Waals surface area contributed by atoms with Crippen molar-refractivity contribution in [2.75, 3.05) is 13.2 Å². The van der Waals surface area contributed by atoms with Gasteiger partial charge in [-0.15, -0.1) is 0 Å². The molecule has 5 aromatic rings. The minimum absolute atomic E-state index is 0.0370. The standard InChI is InChI=1S/C33H32ClN5O10S/c1-18-9-11-24(12-10-18)50(43,44)39-23(15-22-7-5-6-8-25(22)39)13-14-45-33-36-30(34)27-31(37-33)38(17-35-27)32-29(48-21(4)42)28(47-20(3)41)26(49-32)16-46-19(2)40/h5-12,15,17,26,28-29,32H,13-14,16H2,1-4H3/t26-,28-,29-,32-/m1/s1. The fraction of sp³-hybridized carbons (Fsp3) is 0.333. The molecule has 0 radical (unpaired) electrons. The van der Waals surface area contributed by atoms with Crippen molar-refractivity contribution in [3.8, 4) is 6.01 Å². The number of carbonyl (C=O) groups excluding carboxylic acids is 3. The van der Waals surface area contributed by atoms with Crippen LogP contribution in [0, 0.1) is 6.92 Å². The molecule has 6 rings (SSSR count). The van der Waals surface area contributed by atoms with Gasteiger partial charge in [0.05, 0.1) is 23.3 Å². The highest BCUT2D eigenvalue weighted by molar-refractivity contribution is 7.90. The van der Waals surface area contributed by atoms with Gasteiger partial charge in [0.2, 0.25) is 0 Å². The molecule has 17 heteroatoms. The van der Waals surface area contributed by atoms with Crippen molar-refractivity contribution in [1.82, 2.24) is 23.5 Å². The Balaban J connectivity index is 1.29. The third kappa shape index (κ3) is 6.99. The van der Waals surface area contributed by atoms with Gasteiger partial charge in [-0.25, -0.2) is 17.4 Å². The predicted molar refractivity (Wildman–Crippen MR) is 177 cm³/mol. The topological polar surface area (TPSA) is 180 Å². The maximum absolute atomic E-state index is 13.8. The van der Waals surface area contributed by atoms with Crippen molar-refractivity contribution in [3.05, 3.63) is 77.3 Å². The minimum atomic E-state index is -3.96. The number of imidazole rings is 1. The summed E-state index contributed by atoms with van der Waals surface area (Å²) in [4.78, 5) is 48.8. The first-order chi connectivity index (χ1) is 23.8. The Kier molecular flexibility index (Phi) is 9.78. The van der Waals surface area contributed by atoms with Crippen LogP contribution in [0.4, 0.5) is 0 Å². The molecule has 0 saturated carbocycles. The number of para-hydroxylation sites is 1. The van der Waals surface area contributed by atoms with Crippen LogP contribution >= 0.6 is 11.6 Å². The lowest BCUT2D eigenvalue weighted by Gasteiger charge is -2.23. The van der Waals surface area contributed by atoms with Gasteiger partial charge in [-0.1, -0.05) is 47.5 Å². The second-order valence-electron chi connectivity index (χ2n) is 11.5. The Morgan fingerprint density at radius 3 is 2.34 bits per heavy atom. The highest BCUT2D eigenvalue weighted by atomic mass is 35.5. The third-order valence-corrected chi connectivity index (χ3v) is 9.90. The fourth-order valence-corrected chi connectivity index (χ4v) is 7.51. The Morgan fingerprint density at radius 2 is 1.64 bits per heavy atom. The molecule has 50 heavy (non-hydrogen) atoms. The molecule has 1 aliphatic heterocycles. The molecule has 1 fully saturated rings. The first-order valence-corrected chi connectivity index (χ1v) is 17.2. The van der Waals surface area contributed by atoms with Crippen molar-refractivity contribution >= 4 is 61.6 Å². The first kappa shape index (κ1) is 34.8. The number of esters is 3. The van der Waals surface area contributed by atoms with Crippen LogP contribution in [-0.2, 0) is 49.8 Å². The Hall–Kier alpha value is -5.06. The predicted octanol–water partition coefficient (Wildman–Crippen LogP) is 3.93. The van der Waals surface area contributed by atoms with Crippen LogP contribution in [0.2, 0.25) is 5.15 Å². The van der Waals surface area contributed by atoms with Crippen LogP contribution in [-0.4, -0.2) is 81.3 Å². The van der Waals surface area contributed by atoms with E-state index in [4.69, 9.17) is 35.3 Å². The Morgan fingerprint density at radius 1 is 0.940 bits per heavy atom. The molecule has 1 aliphatic rings. The van der Waals surface area contributed by atoms with Crippen molar-refractivity contribution in [2.24, 2.45) is 0 Å². The number of ether oxygens (including phenoxy) is 5. The quantitative estimate of drug-likeness (QED) is 0.109. The van der Waals surface area contributed by atoms with Gasteiger partial charge in [-0.3, -0.25) is 19.0 Å². The largest absolute Gasteiger partial charge is 0.463 e. The lowest BCUT2D eigenvalue weighted by molar-refractivity contribution is -0.166. The molecular weight excluding hydrogens is 694 g/mol. The Labute approximate surface area is 291 Å². The molecule has 15 nitrogen and oxygen atoms in total. The zero-order valence-electron chi connectivity index (χ0n) is 27.3. The molecule has 0 N–H and O–H groups in total. The molecule has 262 valence electrons. The second kappa shape index (κ2) is 14.0. The SMILES string of the molecule is CC(=O)OC[C@H]1O[C@@H](n2cnc3c(Cl)nc(OCCc4cc5ccccc5n4S(=O)(=O)c4ccc(C)cc4)nc32)[C@H](OC(C)=O)[C@@H]1OC(C)=O. The summed E-state index contributed by atoms with van der Waals surface area (Å²) in [6.07, 6.45) is -3.00. The normalized spacial score (nSPS) is 19.1. The summed E-state index contributed by atoms with van der Waals surface area (Å²) in [5.74, 6) is -1.95. The average molecular weight is 726 g/mol. The van der Waals surface area contributed by atoms with Crippen molar-refractivity contribution in [1.29, 1.82) is 0 Å². The lowest BCUT2D eigenvalue weighted by Crippen LogP contribution is -2.40. The second-order valence-corrected chi connectivity index (χ2v) is 13.7. The van der Waals surface area contributed by atoms with E-state index in [9.17, 15) is 22.8 Å². The van der Waals surface area contributed by atoms with Crippen molar-refractivity contribution in [3.63, 3.8) is 0 Å². The van der Waals surface area contributed by atoms with E-state index < -0.39 is 52.5 Å². The number of nitrogens with zero attached hydrogens (tertiary/aromatic N) is 5. The van der Waals surface area contributed by atoms with Gasteiger partial charge in [-0.2, -0.15) is 9.97 Å². The number of aromatic nitrogens is 5. The van der Waals surface area contributed by atoms with E-state index in [0.29, 0.717) is 11.2 Å². The van der Waals surface area contributed by atoms with E-state index in [1.165, 1.54) is 35.6 Å². The molecule has 0 bridgehead atoms. The number of halogens is 1. The number of rotatable bonds is 11. The van der Waals surface area contributed by atoms with Crippen LogP contribution in [0.3, 0.4) is 0 Å². The number of aryl methyl sites for hydroxylation is 1. The van der Waals surface area contributed by atoms with Gasteiger partial charge in [0.25, 0.3) is 10.0 Å². The molecule has 0 unspecified atom stereocenters. The van der Waals surface area contributed by atoms with Crippen LogP contribution in [0.25, 0.3) is 22.1 Å². The number of carbonyl (C=O) groups is 3. The summed E-state index contributed by atoms with van der Waals surface area (Å²) in [5, 5.41) is 0.676. The molecule has 1 saturated heterocycles. The highest BCUT2D eigenvalue weighted by Crippen LogP contribution is 2.37. The zero-order chi connectivity index (χ0) is 35.7. The molecule has 0 aliphatic carbocycles. The molecule has 4 heterocycles. The lowest BCUT2D eigenvalue weighted by atomic mass is 10.1. The number of fused-ring (bicyclic) bond motifs is 2. The summed E-state index contributed by atoms with van der Waals surface area (Å²) in [6, 6.07) is 15.4. The average Bonchev–Trinajstić information content (AvgIpc) is 3.74. The van der Waals surface area contributed by atoms with Crippen LogP contribution in [0.5, 0.6) is 6.01 Å². The summed E-state index contributed by atoms with van der Waals surface area (Å²) >= 11 is 6.48.